The van der Waals surface area contributed by atoms with Gasteiger partial charge in [0, 0.05) is 12.0 Å². The highest BCUT2D eigenvalue weighted by Gasteiger charge is 2.16. The third kappa shape index (κ3) is 3.36. The molecule has 2 atom stereocenters. The van der Waals surface area contributed by atoms with Crippen molar-refractivity contribution in [3.63, 3.8) is 0 Å². The second kappa shape index (κ2) is 5.25. The molecule has 0 heterocycles. The zero-order chi connectivity index (χ0) is 9.68. The predicted octanol–water partition coefficient (Wildman–Crippen LogP) is 3.11. The largest absolute Gasteiger partial charge is 0.378 e. The molecule has 1 aromatic rings. The maximum absolute atomic E-state index is 13.3. The molecule has 3 heteroatoms. The average molecular weight is 200 g/mol. The van der Waals surface area contributed by atoms with E-state index >= 15 is 0 Å². The van der Waals surface area contributed by atoms with Crippen molar-refractivity contribution in [3.05, 3.63) is 30.3 Å². The van der Waals surface area contributed by atoms with Crippen molar-refractivity contribution in [1.29, 1.82) is 0 Å². The number of methoxy groups -OCH3 is 1. The van der Waals surface area contributed by atoms with Crippen LogP contribution in [-0.4, -0.2) is 18.7 Å². The molecule has 1 nitrogen and oxygen atoms in total. The fraction of sp³-hybridized carbons (Fsp3) is 0.400. The quantitative estimate of drug-likeness (QED) is 0.691. The topological polar surface area (TPSA) is 9.23 Å². The normalized spacial score (nSPS) is 15.3. The number of benzene rings is 1. The van der Waals surface area contributed by atoms with E-state index < -0.39 is 5.50 Å². The van der Waals surface area contributed by atoms with Crippen molar-refractivity contribution >= 4 is 11.8 Å². The first-order chi connectivity index (χ1) is 6.24. The lowest BCUT2D eigenvalue weighted by molar-refractivity contribution is 0.0812. The van der Waals surface area contributed by atoms with Crippen LogP contribution in [0.1, 0.15) is 6.92 Å². The van der Waals surface area contributed by atoms with E-state index in [1.54, 1.807) is 6.92 Å². The lowest BCUT2D eigenvalue weighted by Crippen LogP contribution is -2.16. The Morgan fingerprint density at radius 1 is 1.31 bits per heavy atom. The van der Waals surface area contributed by atoms with Gasteiger partial charge in [-0.05, 0) is 19.1 Å². The summed E-state index contributed by atoms with van der Waals surface area (Å²) in [6.07, 6.45) is -0.370. The van der Waals surface area contributed by atoms with Crippen LogP contribution in [0.4, 0.5) is 4.39 Å². The maximum Gasteiger partial charge on any atom is 0.176 e. The van der Waals surface area contributed by atoms with Crippen molar-refractivity contribution in [2.75, 3.05) is 7.11 Å². The summed E-state index contributed by atoms with van der Waals surface area (Å²) in [4.78, 5) is 0.930. The standard InChI is InChI=1S/C10H13FOS/c1-8(12-2)10(11)13-9-6-4-3-5-7-9/h3-8,10H,1-2H3. The van der Waals surface area contributed by atoms with E-state index in [9.17, 15) is 4.39 Å². The molecule has 0 saturated heterocycles. The minimum atomic E-state index is -1.01. The van der Waals surface area contributed by atoms with Gasteiger partial charge >= 0.3 is 0 Å². The average Bonchev–Trinajstić information content (AvgIpc) is 2.18. The zero-order valence-corrected chi connectivity index (χ0v) is 8.55. The van der Waals surface area contributed by atoms with E-state index in [0.29, 0.717) is 0 Å². The number of halogens is 1. The summed E-state index contributed by atoms with van der Waals surface area (Å²) in [6, 6.07) is 9.48. The van der Waals surface area contributed by atoms with E-state index in [1.165, 1.54) is 18.9 Å². The highest BCUT2D eigenvalue weighted by Crippen LogP contribution is 2.26. The molecule has 0 fully saturated rings. The van der Waals surface area contributed by atoms with Crippen molar-refractivity contribution < 1.29 is 9.13 Å². The smallest absolute Gasteiger partial charge is 0.176 e. The number of thioether (sulfide) groups is 1. The summed E-state index contributed by atoms with van der Waals surface area (Å²) >= 11 is 1.18. The van der Waals surface area contributed by atoms with Crippen LogP contribution >= 0.6 is 11.8 Å². The van der Waals surface area contributed by atoms with Crippen LogP contribution in [0, 0.1) is 0 Å². The van der Waals surface area contributed by atoms with Crippen LogP contribution in [0.5, 0.6) is 0 Å². The van der Waals surface area contributed by atoms with Crippen molar-refractivity contribution in [1.82, 2.24) is 0 Å². The number of hydrogen-bond donors (Lipinski definition) is 0. The molecule has 1 aromatic carbocycles. The Bertz CT molecular complexity index is 240. The molecule has 0 aromatic heterocycles. The second-order valence-electron chi connectivity index (χ2n) is 2.72. The van der Waals surface area contributed by atoms with Gasteiger partial charge in [0.2, 0.25) is 0 Å². The lowest BCUT2D eigenvalue weighted by atomic mass is 10.4. The Morgan fingerprint density at radius 2 is 1.92 bits per heavy atom. The van der Waals surface area contributed by atoms with Crippen LogP contribution in [0.2, 0.25) is 0 Å². The van der Waals surface area contributed by atoms with Gasteiger partial charge in [0.25, 0.3) is 0 Å². The van der Waals surface area contributed by atoms with Crippen LogP contribution in [0.3, 0.4) is 0 Å². The molecule has 0 aliphatic heterocycles. The third-order valence-corrected chi connectivity index (χ3v) is 2.89. The lowest BCUT2D eigenvalue weighted by Gasteiger charge is -2.14. The molecule has 13 heavy (non-hydrogen) atoms. The van der Waals surface area contributed by atoms with Gasteiger partial charge in [0.15, 0.2) is 5.50 Å². The van der Waals surface area contributed by atoms with Crippen LogP contribution in [0.25, 0.3) is 0 Å². The molecular formula is C10H13FOS. The number of hydrogen-bond acceptors (Lipinski definition) is 2. The third-order valence-electron chi connectivity index (χ3n) is 1.73. The van der Waals surface area contributed by atoms with Crippen molar-refractivity contribution in [2.24, 2.45) is 0 Å². The summed E-state index contributed by atoms with van der Waals surface area (Å²) in [5.41, 5.74) is -1.01. The summed E-state index contributed by atoms with van der Waals surface area (Å²) in [6.45, 7) is 1.72. The molecule has 0 N–H and O–H groups in total. The number of alkyl halides is 1. The molecule has 0 spiro atoms. The van der Waals surface area contributed by atoms with E-state index in [1.807, 2.05) is 30.3 Å². The monoisotopic (exact) mass is 200 g/mol. The summed E-state index contributed by atoms with van der Waals surface area (Å²) in [5, 5.41) is 0. The first kappa shape index (κ1) is 10.5. The molecule has 0 aliphatic rings. The highest BCUT2D eigenvalue weighted by molar-refractivity contribution is 7.99. The zero-order valence-electron chi connectivity index (χ0n) is 7.74. The molecule has 0 radical (unpaired) electrons. The Balaban J connectivity index is 2.50. The minimum absolute atomic E-state index is 0.370. The van der Waals surface area contributed by atoms with E-state index in [2.05, 4.69) is 0 Å². The highest BCUT2D eigenvalue weighted by atomic mass is 32.2. The van der Waals surface area contributed by atoms with E-state index in [4.69, 9.17) is 4.74 Å². The summed E-state index contributed by atoms with van der Waals surface area (Å²) in [7, 11) is 1.52. The Labute approximate surface area is 82.3 Å². The molecule has 0 amide bonds. The fourth-order valence-corrected chi connectivity index (χ4v) is 1.71. The SMILES string of the molecule is COC(C)C(F)Sc1ccccc1. The summed E-state index contributed by atoms with van der Waals surface area (Å²) < 4.78 is 18.2. The van der Waals surface area contributed by atoms with Crippen LogP contribution in [-0.2, 0) is 4.74 Å². The van der Waals surface area contributed by atoms with E-state index in [-0.39, 0.29) is 6.10 Å². The summed E-state index contributed by atoms with van der Waals surface area (Å²) in [5.74, 6) is 0. The maximum atomic E-state index is 13.3. The Morgan fingerprint density at radius 3 is 2.46 bits per heavy atom. The molecule has 1 rings (SSSR count). The first-order valence-electron chi connectivity index (χ1n) is 4.12. The molecule has 0 bridgehead atoms. The van der Waals surface area contributed by atoms with Gasteiger partial charge in [-0.3, -0.25) is 0 Å². The van der Waals surface area contributed by atoms with Gasteiger partial charge in [0.1, 0.15) is 0 Å². The second-order valence-corrected chi connectivity index (χ2v) is 3.88. The van der Waals surface area contributed by atoms with Gasteiger partial charge in [0.05, 0.1) is 6.10 Å². The van der Waals surface area contributed by atoms with Gasteiger partial charge in [-0.2, -0.15) is 0 Å². The van der Waals surface area contributed by atoms with Gasteiger partial charge < -0.3 is 4.74 Å². The molecule has 2 unspecified atom stereocenters. The molecular weight excluding hydrogens is 187 g/mol. The Hall–Kier alpha value is -0.540. The Kier molecular flexibility index (Phi) is 4.25. The molecule has 0 aliphatic carbocycles. The van der Waals surface area contributed by atoms with Crippen molar-refractivity contribution in [3.8, 4) is 0 Å². The van der Waals surface area contributed by atoms with Crippen LogP contribution in [0.15, 0.2) is 35.2 Å². The van der Waals surface area contributed by atoms with Crippen molar-refractivity contribution in [2.45, 2.75) is 23.4 Å². The fourth-order valence-electron chi connectivity index (χ4n) is 0.832. The van der Waals surface area contributed by atoms with Gasteiger partial charge in [-0.1, -0.05) is 30.0 Å². The van der Waals surface area contributed by atoms with Gasteiger partial charge in [-0.25, -0.2) is 4.39 Å². The number of rotatable bonds is 4. The first-order valence-corrected chi connectivity index (χ1v) is 5.00. The number of ether oxygens (including phenoxy) is 1. The van der Waals surface area contributed by atoms with Gasteiger partial charge in [-0.15, -0.1) is 0 Å². The van der Waals surface area contributed by atoms with Crippen LogP contribution < -0.4 is 0 Å². The minimum Gasteiger partial charge on any atom is -0.378 e. The van der Waals surface area contributed by atoms with E-state index in [0.717, 1.165) is 4.90 Å². The predicted molar refractivity (Wildman–Crippen MR) is 53.7 cm³/mol. The molecule has 0 saturated carbocycles. The molecule has 72 valence electrons.